The van der Waals surface area contributed by atoms with E-state index in [4.69, 9.17) is 0 Å². The van der Waals surface area contributed by atoms with Crippen molar-refractivity contribution in [1.82, 2.24) is 10.2 Å². The number of aromatic amines is 1. The maximum Gasteiger partial charge on any atom is 0.238 e. The number of H-pyrrole nitrogens is 1. The Labute approximate surface area is 82.8 Å². The van der Waals surface area contributed by atoms with Crippen LogP contribution in [0.5, 0.6) is 5.88 Å². The van der Waals surface area contributed by atoms with Crippen molar-refractivity contribution in [2.24, 2.45) is 0 Å². The summed E-state index contributed by atoms with van der Waals surface area (Å²) >= 11 is 0. The standard InChI is InChI=1S/C11H14N2O/c1-6(2)9-7(3)4-5-8-10(9)12-13-11(8)14/h4-6H,1-3H3,(H2,12,13,14). The van der Waals surface area contributed by atoms with Gasteiger partial charge in [-0.2, -0.15) is 0 Å². The van der Waals surface area contributed by atoms with Crippen LogP contribution in [0, 0.1) is 6.92 Å². The van der Waals surface area contributed by atoms with E-state index in [1.54, 1.807) is 0 Å². The minimum absolute atomic E-state index is 0.0851. The van der Waals surface area contributed by atoms with Gasteiger partial charge in [-0.1, -0.05) is 19.9 Å². The second-order valence-electron chi connectivity index (χ2n) is 3.92. The SMILES string of the molecule is Cc1ccc2c(O)n[nH]c2c1C(C)C. The quantitative estimate of drug-likeness (QED) is 0.726. The van der Waals surface area contributed by atoms with Crippen molar-refractivity contribution in [2.75, 3.05) is 0 Å². The zero-order chi connectivity index (χ0) is 10.3. The smallest absolute Gasteiger partial charge is 0.238 e. The number of nitrogens with one attached hydrogen (secondary N) is 1. The van der Waals surface area contributed by atoms with Crippen LogP contribution < -0.4 is 0 Å². The van der Waals surface area contributed by atoms with Gasteiger partial charge in [0.2, 0.25) is 5.88 Å². The molecule has 1 heterocycles. The Morgan fingerprint density at radius 3 is 2.71 bits per heavy atom. The number of hydrogen-bond donors (Lipinski definition) is 2. The van der Waals surface area contributed by atoms with Gasteiger partial charge in [-0.3, -0.25) is 5.10 Å². The van der Waals surface area contributed by atoms with E-state index in [0.29, 0.717) is 5.92 Å². The largest absolute Gasteiger partial charge is 0.492 e. The number of fused-ring (bicyclic) bond motifs is 1. The molecular weight excluding hydrogens is 176 g/mol. The first-order chi connectivity index (χ1) is 6.61. The van der Waals surface area contributed by atoms with Crippen molar-refractivity contribution in [3.8, 4) is 5.88 Å². The second kappa shape index (κ2) is 3.01. The first-order valence-electron chi connectivity index (χ1n) is 4.77. The summed E-state index contributed by atoms with van der Waals surface area (Å²) in [5.74, 6) is 0.514. The molecule has 0 spiro atoms. The molecule has 2 rings (SSSR count). The topological polar surface area (TPSA) is 48.9 Å². The average Bonchev–Trinajstić information content (AvgIpc) is 2.47. The summed E-state index contributed by atoms with van der Waals surface area (Å²) in [5.41, 5.74) is 3.42. The van der Waals surface area contributed by atoms with Crippen molar-refractivity contribution < 1.29 is 5.11 Å². The number of aromatic hydroxyl groups is 1. The van der Waals surface area contributed by atoms with Gasteiger partial charge >= 0.3 is 0 Å². The second-order valence-corrected chi connectivity index (χ2v) is 3.92. The van der Waals surface area contributed by atoms with Crippen LogP contribution in [-0.2, 0) is 0 Å². The zero-order valence-electron chi connectivity index (χ0n) is 8.63. The van der Waals surface area contributed by atoms with Crippen molar-refractivity contribution in [3.05, 3.63) is 23.3 Å². The highest BCUT2D eigenvalue weighted by Crippen LogP contribution is 2.30. The summed E-state index contributed by atoms with van der Waals surface area (Å²) in [6, 6.07) is 3.92. The van der Waals surface area contributed by atoms with Gasteiger partial charge in [0.15, 0.2) is 0 Å². The predicted molar refractivity (Wildman–Crippen MR) is 56.6 cm³/mol. The predicted octanol–water partition coefficient (Wildman–Crippen LogP) is 2.70. The fourth-order valence-corrected chi connectivity index (χ4v) is 1.94. The van der Waals surface area contributed by atoms with E-state index in [9.17, 15) is 5.11 Å². The maximum atomic E-state index is 9.47. The Morgan fingerprint density at radius 1 is 1.36 bits per heavy atom. The third-order valence-corrected chi connectivity index (χ3v) is 2.56. The molecule has 3 nitrogen and oxygen atoms in total. The van der Waals surface area contributed by atoms with Crippen LogP contribution in [0.4, 0.5) is 0 Å². The first-order valence-corrected chi connectivity index (χ1v) is 4.77. The van der Waals surface area contributed by atoms with Gasteiger partial charge in [0.25, 0.3) is 0 Å². The molecule has 14 heavy (non-hydrogen) atoms. The Balaban J connectivity index is 2.83. The van der Waals surface area contributed by atoms with Crippen LogP contribution in [0.25, 0.3) is 10.9 Å². The lowest BCUT2D eigenvalue weighted by atomic mass is 9.96. The van der Waals surface area contributed by atoms with Crippen LogP contribution in [-0.4, -0.2) is 15.3 Å². The van der Waals surface area contributed by atoms with Gasteiger partial charge in [0, 0.05) is 0 Å². The monoisotopic (exact) mass is 190 g/mol. The molecule has 0 radical (unpaired) electrons. The molecule has 0 aliphatic carbocycles. The highest BCUT2D eigenvalue weighted by Gasteiger charge is 2.12. The lowest BCUT2D eigenvalue weighted by molar-refractivity contribution is 0.457. The zero-order valence-corrected chi connectivity index (χ0v) is 8.63. The minimum atomic E-state index is 0.0851. The maximum absolute atomic E-state index is 9.47. The molecule has 0 atom stereocenters. The lowest BCUT2D eigenvalue weighted by Gasteiger charge is -2.10. The summed E-state index contributed by atoms with van der Waals surface area (Å²) in [4.78, 5) is 0. The number of aromatic nitrogens is 2. The number of aryl methyl sites for hydroxylation is 1. The fraction of sp³-hybridized carbons (Fsp3) is 0.364. The van der Waals surface area contributed by atoms with Gasteiger partial charge in [-0.05, 0) is 30.0 Å². The molecule has 0 saturated carbocycles. The molecule has 1 aromatic heterocycles. The molecule has 3 heteroatoms. The van der Waals surface area contributed by atoms with Crippen molar-refractivity contribution >= 4 is 10.9 Å². The van der Waals surface area contributed by atoms with Crippen LogP contribution >= 0.6 is 0 Å². The molecule has 2 N–H and O–H groups in total. The first kappa shape index (κ1) is 9.06. The highest BCUT2D eigenvalue weighted by atomic mass is 16.3. The van der Waals surface area contributed by atoms with Crippen LogP contribution in [0.1, 0.15) is 30.9 Å². The molecule has 0 fully saturated rings. The number of hydrogen-bond acceptors (Lipinski definition) is 2. The summed E-state index contributed by atoms with van der Waals surface area (Å²) in [5, 5.41) is 17.0. The minimum Gasteiger partial charge on any atom is -0.492 e. The molecule has 2 aromatic rings. The average molecular weight is 190 g/mol. The van der Waals surface area contributed by atoms with Gasteiger partial charge in [0.05, 0.1) is 10.9 Å². The molecule has 0 saturated heterocycles. The summed E-state index contributed by atoms with van der Waals surface area (Å²) < 4.78 is 0. The van der Waals surface area contributed by atoms with Gasteiger partial charge < -0.3 is 5.11 Å². The molecule has 74 valence electrons. The summed E-state index contributed by atoms with van der Waals surface area (Å²) in [6.45, 7) is 6.35. The Bertz CT molecular complexity index is 471. The molecule has 0 aliphatic heterocycles. The van der Waals surface area contributed by atoms with E-state index in [-0.39, 0.29) is 5.88 Å². The van der Waals surface area contributed by atoms with Crippen LogP contribution in [0.3, 0.4) is 0 Å². The normalized spacial score (nSPS) is 11.4. The van der Waals surface area contributed by atoms with E-state index < -0.39 is 0 Å². The van der Waals surface area contributed by atoms with E-state index in [1.807, 2.05) is 12.1 Å². The van der Waals surface area contributed by atoms with Gasteiger partial charge in [-0.25, -0.2) is 0 Å². The fourth-order valence-electron chi connectivity index (χ4n) is 1.94. The van der Waals surface area contributed by atoms with E-state index >= 15 is 0 Å². The third-order valence-electron chi connectivity index (χ3n) is 2.56. The van der Waals surface area contributed by atoms with E-state index in [1.165, 1.54) is 11.1 Å². The number of rotatable bonds is 1. The highest BCUT2D eigenvalue weighted by molar-refractivity contribution is 5.87. The summed E-state index contributed by atoms with van der Waals surface area (Å²) in [7, 11) is 0. The molecule has 0 amide bonds. The van der Waals surface area contributed by atoms with E-state index in [0.717, 1.165) is 10.9 Å². The lowest BCUT2D eigenvalue weighted by Crippen LogP contribution is -1.93. The van der Waals surface area contributed by atoms with Crippen LogP contribution in [0.2, 0.25) is 0 Å². The molecular formula is C11H14N2O. The van der Waals surface area contributed by atoms with Crippen LogP contribution in [0.15, 0.2) is 12.1 Å². The molecule has 1 aromatic carbocycles. The van der Waals surface area contributed by atoms with Crippen molar-refractivity contribution in [2.45, 2.75) is 26.7 Å². The molecule has 0 unspecified atom stereocenters. The Hall–Kier alpha value is -1.51. The van der Waals surface area contributed by atoms with Crippen molar-refractivity contribution in [1.29, 1.82) is 0 Å². The third kappa shape index (κ3) is 1.16. The van der Waals surface area contributed by atoms with Crippen molar-refractivity contribution in [3.63, 3.8) is 0 Å². The Morgan fingerprint density at radius 2 is 2.07 bits per heavy atom. The van der Waals surface area contributed by atoms with Gasteiger partial charge in [0.1, 0.15) is 0 Å². The summed E-state index contributed by atoms with van der Waals surface area (Å²) in [6.07, 6.45) is 0. The van der Waals surface area contributed by atoms with Gasteiger partial charge in [-0.15, -0.1) is 5.10 Å². The molecule has 0 aliphatic rings. The Kier molecular flexibility index (Phi) is 1.95. The molecule has 0 bridgehead atoms. The number of benzene rings is 1. The van der Waals surface area contributed by atoms with E-state index in [2.05, 4.69) is 31.0 Å². The number of nitrogens with zero attached hydrogens (tertiary/aromatic N) is 1.